The first-order valence-electron chi connectivity index (χ1n) is 10.1. The molecule has 1 unspecified atom stereocenters. The second-order valence-electron chi connectivity index (χ2n) is 8.23. The number of hydrogen-bond donors (Lipinski definition) is 0. The Morgan fingerprint density at radius 3 is 2.36 bits per heavy atom. The summed E-state index contributed by atoms with van der Waals surface area (Å²) in [5.41, 5.74) is 3.61. The smallest absolute Gasteiger partial charge is 0.273 e. The molecule has 0 radical (unpaired) electrons. The third-order valence-corrected chi connectivity index (χ3v) is 6.07. The van der Waals surface area contributed by atoms with Gasteiger partial charge in [-0.2, -0.15) is 5.10 Å². The van der Waals surface area contributed by atoms with Crippen LogP contribution in [0, 0.1) is 12.8 Å². The van der Waals surface area contributed by atoms with Crippen molar-refractivity contribution in [1.82, 2.24) is 19.6 Å². The minimum atomic E-state index is 0.0360. The number of aryl methyl sites for hydroxylation is 1. The van der Waals surface area contributed by atoms with Crippen molar-refractivity contribution < 1.29 is 9.59 Å². The number of rotatable bonds is 3. The molecule has 1 fully saturated rings. The Bertz CT molecular complexity index is 895. The van der Waals surface area contributed by atoms with Crippen molar-refractivity contribution in [1.29, 1.82) is 0 Å². The summed E-state index contributed by atoms with van der Waals surface area (Å²) in [5, 5.41) is 4.72. The van der Waals surface area contributed by atoms with Gasteiger partial charge in [0.15, 0.2) is 0 Å². The number of aromatic nitrogens is 2. The Morgan fingerprint density at radius 1 is 1.14 bits per heavy atom. The number of fused-ring (bicyclic) bond motifs is 1. The summed E-state index contributed by atoms with van der Waals surface area (Å²) in [6, 6.07) is 10.1. The molecule has 2 aliphatic heterocycles. The molecule has 0 N–H and O–H groups in total. The quantitative estimate of drug-likeness (QED) is 0.821. The van der Waals surface area contributed by atoms with E-state index < -0.39 is 0 Å². The molecule has 1 atom stereocenters. The number of amides is 2. The molecule has 1 aromatic heterocycles. The van der Waals surface area contributed by atoms with E-state index >= 15 is 0 Å². The zero-order chi connectivity index (χ0) is 20.0. The zero-order valence-corrected chi connectivity index (χ0v) is 17.1. The summed E-state index contributed by atoms with van der Waals surface area (Å²) in [7, 11) is 0. The SMILES string of the molecule is CC(=O)N1CCC(N2C(=O)c3c(c(C)nn3-c3ccccc3)C2C(C)C)CC1. The number of hydrogen-bond acceptors (Lipinski definition) is 3. The Morgan fingerprint density at radius 2 is 1.79 bits per heavy atom. The summed E-state index contributed by atoms with van der Waals surface area (Å²) >= 11 is 0. The highest BCUT2D eigenvalue weighted by atomic mass is 16.2. The molecule has 3 heterocycles. The van der Waals surface area contributed by atoms with E-state index in [0.717, 1.165) is 29.8 Å². The Kier molecular flexibility index (Phi) is 4.73. The van der Waals surface area contributed by atoms with Gasteiger partial charge in [0.05, 0.1) is 17.4 Å². The van der Waals surface area contributed by atoms with Crippen LogP contribution in [0.4, 0.5) is 0 Å². The average molecular weight is 380 g/mol. The average Bonchev–Trinajstić information content (AvgIpc) is 3.18. The van der Waals surface area contributed by atoms with E-state index in [9.17, 15) is 9.59 Å². The van der Waals surface area contributed by atoms with Crippen LogP contribution in [0.1, 0.15) is 61.4 Å². The highest BCUT2D eigenvalue weighted by Crippen LogP contribution is 2.43. The van der Waals surface area contributed by atoms with Gasteiger partial charge in [-0.25, -0.2) is 4.68 Å². The van der Waals surface area contributed by atoms with Crippen molar-refractivity contribution in [2.24, 2.45) is 5.92 Å². The second kappa shape index (κ2) is 7.08. The minimum absolute atomic E-state index is 0.0360. The molecule has 28 heavy (non-hydrogen) atoms. The van der Waals surface area contributed by atoms with Crippen molar-refractivity contribution in [2.75, 3.05) is 13.1 Å². The van der Waals surface area contributed by atoms with Crippen molar-refractivity contribution in [2.45, 2.75) is 52.6 Å². The fourth-order valence-electron chi connectivity index (χ4n) is 4.75. The van der Waals surface area contributed by atoms with Crippen LogP contribution >= 0.6 is 0 Å². The number of carbonyl (C=O) groups excluding carboxylic acids is 2. The van der Waals surface area contributed by atoms with Crippen LogP contribution in [-0.4, -0.2) is 50.5 Å². The predicted molar refractivity (Wildman–Crippen MR) is 107 cm³/mol. The van der Waals surface area contributed by atoms with Crippen LogP contribution < -0.4 is 0 Å². The highest BCUT2D eigenvalue weighted by Gasteiger charge is 2.47. The van der Waals surface area contributed by atoms with Gasteiger partial charge in [0.2, 0.25) is 5.91 Å². The number of benzene rings is 1. The van der Waals surface area contributed by atoms with E-state index in [4.69, 9.17) is 5.10 Å². The summed E-state index contributed by atoms with van der Waals surface area (Å²) in [6.07, 6.45) is 1.66. The van der Waals surface area contributed by atoms with Gasteiger partial charge >= 0.3 is 0 Å². The van der Waals surface area contributed by atoms with Gasteiger partial charge in [-0.15, -0.1) is 0 Å². The van der Waals surface area contributed by atoms with Crippen molar-refractivity contribution in [3.05, 3.63) is 47.3 Å². The first kappa shape index (κ1) is 18.7. The number of likely N-dealkylation sites (tertiary alicyclic amines) is 1. The molecule has 4 rings (SSSR count). The molecular formula is C22H28N4O2. The number of carbonyl (C=O) groups is 2. The van der Waals surface area contributed by atoms with Gasteiger partial charge in [0.25, 0.3) is 5.91 Å². The third kappa shape index (κ3) is 2.91. The van der Waals surface area contributed by atoms with Crippen molar-refractivity contribution in [3.8, 4) is 5.69 Å². The van der Waals surface area contributed by atoms with E-state index in [1.54, 1.807) is 6.92 Å². The Hall–Kier alpha value is -2.63. The predicted octanol–water partition coefficient (Wildman–Crippen LogP) is 3.34. The van der Waals surface area contributed by atoms with Crippen LogP contribution in [-0.2, 0) is 4.79 Å². The Balaban J connectivity index is 1.72. The van der Waals surface area contributed by atoms with E-state index in [0.29, 0.717) is 24.7 Å². The van der Waals surface area contributed by atoms with Crippen LogP contribution in [0.2, 0.25) is 0 Å². The lowest BCUT2D eigenvalue weighted by Crippen LogP contribution is -2.48. The molecule has 2 aliphatic rings. The highest BCUT2D eigenvalue weighted by molar-refractivity contribution is 5.99. The molecule has 0 aliphatic carbocycles. The summed E-state index contributed by atoms with van der Waals surface area (Å²) in [4.78, 5) is 29.3. The van der Waals surface area contributed by atoms with Gasteiger partial charge in [0, 0.05) is 31.6 Å². The van der Waals surface area contributed by atoms with Crippen LogP contribution in [0.25, 0.3) is 5.69 Å². The van der Waals surface area contributed by atoms with Crippen molar-refractivity contribution in [3.63, 3.8) is 0 Å². The number of piperidine rings is 1. The molecule has 2 amide bonds. The molecule has 6 heteroatoms. The number of nitrogens with zero attached hydrogens (tertiary/aromatic N) is 4. The second-order valence-corrected chi connectivity index (χ2v) is 8.23. The topological polar surface area (TPSA) is 58.4 Å². The fraction of sp³-hybridized carbons (Fsp3) is 0.500. The van der Waals surface area contributed by atoms with Crippen LogP contribution in [0.5, 0.6) is 0 Å². The lowest BCUT2D eigenvalue weighted by molar-refractivity contribution is -0.130. The first-order chi connectivity index (χ1) is 13.4. The molecule has 1 aromatic carbocycles. The molecule has 0 bridgehead atoms. The molecule has 2 aromatic rings. The van der Waals surface area contributed by atoms with Crippen molar-refractivity contribution >= 4 is 11.8 Å². The van der Waals surface area contributed by atoms with Gasteiger partial charge in [-0.05, 0) is 37.8 Å². The number of para-hydroxylation sites is 1. The summed E-state index contributed by atoms with van der Waals surface area (Å²) < 4.78 is 1.81. The lowest BCUT2D eigenvalue weighted by atomic mass is 9.93. The van der Waals surface area contributed by atoms with E-state index in [2.05, 4.69) is 18.7 Å². The molecule has 148 valence electrons. The maximum Gasteiger partial charge on any atom is 0.273 e. The van der Waals surface area contributed by atoms with E-state index in [1.807, 2.05) is 46.8 Å². The monoisotopic (exact) mass is 380 g/mol. The minimum Gasteiger partial charge on any atom is -0.343 e. The van der Waals surface area contributed by atoms with Gasteiger partial charge in [-0.3, -0.25) is 9.59 Å². The molecule has 6 nitrogen and oxygen atoms in total. The normalized spacial score (nSPS) is 20.2. The van der Waals surface area contributed by atoms with Crippen LogP contribution in [0.15, 0.2) is 30.3 Å². The molecular weight excluding hydrogens is 352 g/mol. The lowest BCUT2D eigenvalue weighted by Gasteiger charge is -2.40. The standard InChI is InChI=1S/C22H28N4O2/c1-14(2)20-19-15(3)23-26(18-8-6-5-7-9-18)21(19)22(28)25(20)17-10-12-24(13-11-17)16(4)27/h5-9,14,17,20H,10-13H2,1-4H3. The molecule has 0 spiro atoms. The largest absolute Gasteiger partial charge is 0.343 e. The van der Waals surface area contributed by atoms with Gasteiger partial charge in [-0.1, -0.05) is 32.0 Å². The van der Waals surface area contributed by atoms with Gasteiger partial charge in [0.1, 0.15) is 5.69 Å². The maximum absolute atomic E-state index is 13.6. The first-order valence-corrected chi connectivity index (χ1v) is 10.1. The van der Waals surface area contributed by atoms with Crippen LogP contribution in [0.3, 0.4) is 0 Å². The maximum atomic E-state index is 13.6. The third-order valence-electron chi connectivity index (χ3n) is 6.07. The molecule has 0 saturated carbocycles. The van der Waals surface area contributed by atoms with E-state index in [-0.39, 0.29) is 23.9 Å². The van der Waals surface area contributed by atoms with E-state index in [1.165, 1.54) is 0 Å². The Labute approximate surface area is 166 Å². The zero-order valence-electron chi connectivity index (χ0n) is 17.1. The summed E-state index contributed by atoms with van der Waals surface area (Å²) in [5.74, 6) is 0.480. The van der Waals surface area contributed by atoms with Gasteiger partial charge < -0.3 is 9.80 Å². The summed E-state index contributed by atoms with van der Waals surface area (Å²) in [6.45, 7) is 9.40. The molecule has 1 saturated heterocycles. The fourth-order valence-corrected chi connectivity index (χ4v) is 4.75.